The van der Waals surface area contributed by atoms with Crippen LogP contribution in [0.5, 0.6) is 0 Å². The molecule has 182 valence electrons. The second kappa shape index (κ2) is 8.95. The van der Waals surface area contributed by atoms with Crippen molar-refractivity contribution >= 4 is 52.1 Å². The van der Waals surface area contributed by atoms with Gasteiger partial charge < -0.3 is 35.2 Å². The van der Waals surface area contributed by atoms with Gasteiger partial charge in [-0.1, -0.05) is 5.92 Å². The van der Waals surface area contributed by atoms with E-state index in [2.05, 4.69) is 34.0 Å². The average molecular weight is 550 g/mol. The van der Waals surface area contributed by atoms with E-state index < -0.39 is 48.0 Å². The lowest BCUT2D eigenvalue weighted by Crippen LogP contribution is -2.42. The zero-order valence-corrected chi connectivity index (χ0v) is 19.3. The van der Waals surface area contributed by atoms with Gasteiger partial charge in [-0.25, -0.2) is 18.7 Å². The van der Waals surface area contributed by atoms with Gasteiger partial charge in [-0.2, -0.15) is 18.6 Å². The minimum absolute atomic E-state index is 0.0295. The molecule has 0 aromatic carbocycles. The molecular weight excluding hydrogens is 535 g/mol. The lowest BCUT2D eigenvalue weighted by Gasteiger charge is -2.27. The molecule has 0 bridgehead atoms. The second-order valence-electron chi connectivity index (χ2n) is 6.42. The maximum Gasteiger partial charge on any atom is 0.490 e. The number of rotatable bonds is 8. The van der Waals surface area contributed by atoms with Crippen molar-refractivity contribution in [2.45, 2.75) is 24.4 Å². The number of hydrogen-bond acceptors (Lipinski definition) is 12. The third-order valence-corrected chi connectivity index (χ3v) is 8.09. The van der Waals surface area contributed by atoms with Crippen molar-refractivity contribution in [3.05, 3.63) is 11.6 Å². The lowest BCUT2D eigenvalue weighted by atomic mass is 9.99. The Kier molecular flexibility index (Phi) is 7.09. The predicted octanol–water partition coefficient (Wildman–Crippen LogP) is 0.0570. The molecular formula is C12H15ClN5O12P3. The normalized spacial score (nSPS) is 27.2. The second-order valence-corrected chi connectivity index (χ2v) is 11.2. The molecule has 1 aliphatic rings. The molecule has 2 aromatic heterocycles. The van der Waals surface area contributed by atoms with E-state index in [4.69, 9.17) is 38.3 Å². The predicted molar refractivity (Wildman–Crippen MR) is 107 cm³/mol. The number of anilines is 1. The first-order valence-electron chi connectivity index (χ1n) is 8.34. The molecule has 17 nitrogen and oxygen atoms in total. The van der Waals surface area contributed by atoms with E-state index in [1.807, 2.05) is 0 Å². The van der Waals surface area contributed by atoms with E-state index in [1.165, 1.54) is 10.9 Å². The number of ether oxygens (including phenoxy) is 1. The van der Waals surface area contributed by atoms with E-state index in [-0.39, 0.29) is 28.7 Å². The molecule has 0 aliphatic carbocycles. The summed E-state index contributed by atoms with van der Waals surface area (Å²) in [5.74, 6) is 2.04. The fourth-order valence-corrected chi connectivity index (χ4v) is 6.05. The molecule has 0 spiro atoms. The van der Waals surface area contributed by atoms with Gasteiger partial charge in [0, 0.05) is 6.42 Å². The third-order valence-electron chi connectivity index (χ3n) is 4.14. The number of aliphatic hydroxyl groups is 1. The van der Waals surface area contributed by atoms with Crippen LogP contribution in [0, 0.1) is 12.3 Å². The number of terminal acetylenes is 1. The highest BCUT2D eigenvalue weighted by Crippen LogP contribution is 2.66. The van der Waals surface area contributed by atoms with E-state index in [1.54, 1.807) is 0 Å². The summed E-state index contributed by atoms with van der Waals surface area (Å²) in [4.78, 5) is 47.7. The minimum Gasteiger partial charge on any atom is -0.389 e. The molecule has 0 radical (unpaired) electrons. The number of phosphoric acid groups is 3. The summed E-state index contributed by atoms with van der Waals surface area (Å²) in [6.07, 6.45) is 3.92. The highest BCUT2D eigenvalue weighted by atomic mass is 35.5. The van der Waals surface area contributed by atoms with Crippen molar-refractivity contribution in [3.8, 4) is 12.3 Å². The van der Waals surface area contributed by atoms with E-state index in [9.17, 15) is 28.6 Å². The highest BCUT2D eigenvalue weighted by Gasteiger charge is 2.51. The van der Waals surface area contributed by atoms with Crippen molar-refractivity contribution in [2.24, 2.45) is 0 Å². The molecule has 21 heteroatoms. The number of nitrogens with zero attached hydrogens (tertiary/aromatic N) is 4. The van der Waals surface area contributed by atoms with Crippen LogP contribution in [0.15, 0.2) is 6.33 Å². The molecule has 3 heterocycles. The van der Waals surface area contributed by atoms with Crippen molar-refractivity contribution < 1.29 is 56.3 Å². The molecule has 5 atom stereocenters. The van der Waals surface area contributed by atoms with Crippen LogP contribution in [0.4, 0.5) is 5.82 Å². The van der Waals surface area contributed by atoms with Crippen molar-refractivity contribution in [2.75, 3.05) is 12.3 Å². The zero-order chi connectivity index (χ0) is 24.8. The monoisotopic (exact) mass is 549 g/mol. The van der Waals surface area contributed by atoms with Crippen LogP contribution >= 0.6 is 35.1 Å². The molecule has 0 saturated carbocycles. The van der Waals surface area contributed by atoms with Gasteiger partial charge in [0.1, 0.15) is 24.5 Å². The van der Waals surface area contributed by atoms with Gasteiger partial charge >= 0.3 is 23.5 Å². The SMILES string of the molecule is C#C[C@]1(COP(=O)(O)OP(=O)(O)OP(=O)(O)O)O[C@@H](n2cnc3c(N)nc(Cl)nc32)C[C@@H]1O. The molecule has 1 aliphatic heterocycles. The molecule has 2 aromatic rings. The van der Waals surface area contributed by atoms with Crippen LogP contribution in [0.25, 0.3) is 11.2 Å². The van der Waals surface area contributed by atoms with Crippen molar-refractivity contribution in [3.63, 3.8) is 0 Å². The largest absolute Gasteiger partial charge is 0.490 e. The summed E-state index contributed by atoms with van der Waals surface area (Å²) in [6.45, 7) is -1.06. The van der Waals surface area contributed by atoms with Crippen LogP contribution < -0.4 is 5.73 Å². The molecule has 2 unspecified atom stereocenters. The standard InChI is InChI=1S/C12H15ClN5O12P3/c1-2-12(4-27-32(23,24)30-33(25,26)29-31(20,21)22)6(19)3-7(28-12)18-5-15-8-9(14)16-11(13)17-10(8)18/h1,5-7,19H,3-4H2,(H,23,24)(H,25,26)(H2,14,16,17)(H2,20,21,22)/t6-,7+,12+/m0/s1. The maximum absolute atomic E-state index is 12.0. The maximum atomic E-state index is 12.0. The Morgan fingerprint density at radius 1 is 1.27 bits per heavy atom. The van der Waals surface area contributed by atoms with Crippen LogP contribution in [0.2, 0.25) is 5.28 Å². The number of hydrogen-bond donors (Lipinski definition) is 6. The van der Waals surface area contributed by atoms with E-state index in [0.717, 1.165) is 0 Å². The number of fused-ring (bicyclic) bond motifs is 1. The summed E-state index contributed by atoms with van der Waals surface area (Å²) < 4.78 is 52.8. The number of phosphoric ester groups is 1. The Balaban J connectivity index is 1.78. The summed E-state index contributed by atoms with van der Waals surface area (Å²) in [5.41, 5.74) is 3.96. The number of halogens is 1. The summed E-state index contributed by atoms with van der Waals surface area (Å²) in [7, 11) is -16.8. The van der Waals surface area contributed by atoms with Gasteiger partial charge in [0.15, 0.2) is 17.1 Å². The first kappa shape index (κ1) is 26.1. The van der Waals surface area contributed by atoms with E-state index in [0.29, 0.717) is 0 Å². The topological polar surface area (TPSA) is 259 Å². The highest BCUT2D eigenvalue weighted by molar-refractivity contribution is 7.66. The Morgan fingerprint density at radius 3 is 2.55 bits per heavy atom. The third kappa shape index (κ3) is 5.97. The van der Waals surface area contributed by atoms with Gasteiger partial charge in [-0.05, 0) is 11.6 Å². The fourth-order valence-electron chi connectivity index (χ4n) is 2.83. The minimum atomic E-state index is -5.74. The molecule has 1 fully saturated rings. The first-order chi connectivity index (χ1) is 15.1. The van der Waals surface area contributed by atoms with Crippen LogP contribution in [-0.4, -0.2) is 62.5 Å². The lowest BCUT2D eigenvalue weighted by molar-refractivity contribution is -0.0874. The molecule has 3 rings (SSSR count). The Hall–Kier alpha value is -1.47. The Bertz CT molecular complexity index is 1260. The van der Waals surface area contributed by atoms with Gasteiger partial charge in [-0.3, -0.25) is 9.09 Å². The molecule has 7 N–H and O–H groups in total. The van der Waals surface area contributed by atoms with Gasteiger partial charge in [0.25, 0.3) is 0 Å². The van der Waals surface area contributed by atoms with Crippen molar-refractivity contribution in [1.82, 2.24) is 19.5 Å². The number of imidazole rings is 1. The Morgan fingerprint density at radius 2 is 1.94 bits per heavy atom. The number of aliphatic hydroxyl groups excluding tert-OH is 1. The van der Waals surface area contributed by atoms with Gasteiger partial charge in [0.05, 0.1) is 6.33 Å². The molecule has 1 saturated heterocycles. The summed E-state index contributed by atoms with van der Waals surface area (Å²) in [6, 6.07) is 0. The van der Waals surface area contributed by atoms with Gasteiger partial charge in [0.2, 0.25) is 5.28 Å². The summed E-state index contributed by atoms with van der Waals surface area (Å²) in [5, 5.41) is 10.3. The summed E-state index contributed by atoms with van der Waals surface area (Å²) >= 11 is 5.80. The average Bonchev–Trinajstić information content (AvgIpc) is 3.18. The molecule has 0 amide bonds. The number of aromatic nitrogens is 4. The van der Waals surface area contributed by atoms with Crippen LogP contribution in [-0.2, 0) is 31.6 Å². The number of nitrogens with two attached hydrogens (primary N) is 1. The molecule has 33 heavy (non-hydrogen) atoms. The number of nitrogen functional groups attached to an aromatic ring is 1. The van der Waals surface area contributed by atoms with Gasteiger partial charge in [-0.15, -0.1) is 6.42 Å². The Labute approximate surface area is 188 Å². The van der Waals surface area contributed by atoms with Crippen LogP contribution in [0.3, 0.4) is 0 Å². The van der Waals surface area contributed by atoms with Crippen LogP contribution in [0.1, 0.15) is 12.6 Å². The smallest absolute Gasteiger partial charge is 0.389 e. The fraction of sp³-hybridized carbons (Fsp3) is 0.417. The van der Waals surface area contributed by atoms with E-state index >= 15 is 0 Å². The quantitative estimate of drug-likeness (QED) is 0.144. The van der Waals surface area contributed by atoms with Crippen molar-refractivity contribution in [1.29, 1.82) is 0 Å². The first-order valence-corrected chi connectivity index (χ1v) is 13.2. The zero-order valence-electron chi connectivity index (χ0n) is 15.9.